The molecule has 3 heterocycles. The Bertz CT molecular complexity index is 1400. The smallest absolute Gasteiger partial charge is 0.323 e. The molecule has 0 saturated heterocycles. The first kappa shape index (κ1) is 23.6. The molecule has 1 aliphatic rings. The molecule has 2 bridgehead atoms. The molecule has 34 heavy (non-hydrogen) atoms. The predicted octanol–water partition coefficient (Wildman–Crippen LogP) is 1.51. The van der Waals surface area contributed by atoms with Gasteiger partial charge in [-0.2, -0.15) is 23.1 Å². The number of ether oxygens (including phenoxy) is 1. The Kier molecular flexibility index (Phi) is 6.22. The van der Waals surface area contributed by atoms with Crippen molar-refractivity contribution >= 4 is 16.0 Å². The van der Waals surface area contributed by atoms with Crippen LogP contribution >= 0.6 is 0 Å². The number of hydrogen-bond donors (Lipinski definition) is 2. The van der Waals surface area contributed by atoms with Crippen LogP contribution in [0.4, 0.5) is 10.2 Å². The topological polar surface area (TPSA) is 152 Å². The summed E-state index contributed by atoms with van der Waals surface area (Å²) < 4.78 is 49.8. The summed E-state index contributed by atoms with van der Waals surface area (Å²) in [6.45, 7) is 3.56. The fraction of sp³-hybridized carbons (Fsp3) is 0.333. The molecular weight excluding hydrogens is 463 g/mol. The summed E-state index contributed by atoms with van der Waals surface area (Å²) in [5.41, 5.74) is 7.18. The van der Waals surface area contributed by atoms with Gasteiger partial charge in [-0.1, -0.05) is 6.07 Å². The molecule has 11 nitrogen and oxygen atoms in total. The normalized spacial score (nSPS) is 17.4. The first-order valence-electron chi connectivity index (χ1n) is 10.4. The van der Waals surface area contributed by atoms with Crippen LogP contribution in [0, 0.1) is 24.1 Å². The summed E-state index contributed by atoms with van der Waals surface area (Å²) in [6, 6.07) is 6.07. The van der Waals surface area contributed by atoms with E-state index in [2.05, 4.69) is 20.4 Å². The number of likely N-dealkylation sites (N-methyl/N-ethyl adjacent to an activating group) is 1. The number of fused-ring (bicyclic) bond motifs is 5. The molecule has 0 saturated carbocycles. The van der Waals surface area contributed by atoms with Gasteiger partial charge in [-0.15, -0.1) is 4.09 Å². The number of nitrogen functional groups attached to an aromatic ring is 1. The molecule has 0 aliphatic carbocycles. The number of hydrogen-bond acceptors (Lipinski definition) is 9. The number of rotatable bonds is 3. The van der Waals surface area contributed by atoms with Crippen LogP contribution in [0.25, 0.3) is 11.4 Å². The first-order valence-corrected chi connectivity index (χ1v) is 11.8. The van der Waals surface area contributed by atoms with E-state index >= 15 is 0 Å². The number of nitrogens with one attached hydrogen (secondary N) is 1. The van der Waals surface area contributed by atoms with Gasteiger partial charge in [0.05, 0.1) is 11.9 Å². The summed E-state index contributed by atoms with van der Waals surface area (Å²) in [4.78, 5) is 8.44. The van der Waals surface area contributed by atoms with Crippen LogP contribution in [-0.4, -0.2) is 52.0 Å². The van der Waals surface area contributed by atoms with E-state index in [0.717, 1.165) is 4.09 Å². The molecule has 0 radical (unpaired) electrons. The van der Waals surface area contributed by atoms with E-state index in [1.807, 2.05) is 6.07 Å². The highest BCUT2D eigenvalue weighted by molar-refractivity contribution is 7.87. The zero-order valence-corrected chi connectivity index (χ0v) is 19.6. The van der Waals surface area contributed by atoms with Crippen molar-refractivity contribution in [1.82, 2.24) is 28.8 Å². The van der Waals surface area contributed by atoms with Crippen molar-refractivity contribution in [2.75, 3.05) is 25.9 Å². The van der Waals surface area contributed by atoms with Gasteiger partial charge in [0.15, 0.2) is 5.82 Å². The molecule has 0 spiro atoms. The van der Waals surface area contributed by atoms with Crippen molar-refractivity contribution in [3.63, 3.8) is 0 Å². The lowest BCUT2D eigenvalue weighted by Crippen LogP contribution is -2.40. The Morgan fingerprint density at radius 1 is 1.41 bits per heavy atom. The lowest BCUT2D eigenvalue weighted by Gasteiger charge is -2.26. The number of aromatic nitrogens is 4. The van der Waals surface area contributed by atoms with Gasteiger partial charge in [0.25, 0.3) is 5.88 Å². The molecule has 1 atom stereocenters. The second kappa shape index (κ2) is 8.98. The Hall–Kier alpha value is -3.60. The SMILES string of the molecule is CNCCN1Cc2ccc(F)cc2C(C)Oc2nc(cnc2N)-c2c(C#N)c(C)nn2S1(=O)=O. The van der Waals surface area contributed by atoms with Gasteiger partial charge in [-0.25, -0.2) is 14.4 Å². The Morgan fingerprint density at radius 3 is 2.88 bits per heavy atom. The molecule has 13 heteroatoms. The summed E-state index contributed by atoms with van der Waals surface area (Å²) in [6.07, 6.45) is 0.529. The molecule has 1 aromatic carbocycles. The molecule has 3 aromatic rings. The van der Waals surface area contributed by atoms with Crippen LogP contribution < -0.4 is 15.8 Å². The molecule has 178 valence electrons. The van der Waals surface area contributed by atoms with Gasteiger partial charge in [0.1, 0.15) is 34.9 Å². The van der Waals surface area contributed by atoms with Gasteiger partial charge in [-0.3, -0.25) is 0 Å². The zero-order valence-electron chi connectivity index (χ0n) is 18.8. The third kappa shape index (κ3) is 4.07. The average Bonchev–Trinajstić information content (AvgIpc) is 3.15. The number of nitrogens with zero attached hydrogens (tertiary/aromatic N) is 6. The van der Waals surface area contributed by atoms with E-state index in [1.165, 1.54) is 35.6 Å². The summed E-state index contributed by atoms with van der Waals surface area (Å²) >= 11 is 0. The Labute approximate surface area is 196 Å². The van der Waals surface area contributed by atoms with Crippen molar-refractivity contribution in [1.29, 1.82) is 5.26 Å². The van der Waals surface area contributed by atoms with Crippen LogP contribution in [0.5, 0.6) is 5.88 Å². The van der Waals surface area contributed by atoms with Crippen LogP contribution in [0.1, 0.15) is 35.4 Å². The van der Waals surface area contributed by atoms with E-state index in [-0.39, 0.29) is 47.4 Å². The minimum atomic E-state index is -4.29. The third-order valence-electron chi connectivity index (χ3n) is 5.49. The van der Waals surface area contributed by atoms with Gasteiger partial charge in [-0.05, 0) is 44.2 Å². The standard InChI is InChI=1S/C21H23FN8O3S/c1-12-17(9-23)19-18-10-26-20(24)21(27-18)33-13(2)16-8-15(22)5-4-14(16)11-29(7-6-25-3)34(31,32)30(19)28-12/h4-5,8,10,13,25H,6-7,11H2,1-3H3,(H2,24,26). The second-order valence-corrected chi connectivity index (χ2v) is 9.52. The fourth-order valence-corrected chi connectivity index (χ4v) is 5.23. The number of benzene rings is 1. The monoisotopic (exact) mass is 486 g/mol. The number of nitrogens with two attached hydrogens (primary N) is 1. The number of aryl methyl sites for hydroxylation is 1. The molecular formula is C21H23FN8O3S. The Balaban J connectivity index is 2.05. The van der Waals surface area contributed by atoms with E-state index < -0.39 is 22.1 Å². The minimum absolute atomic E-state index is 0.0367. The van der Waals surface area contributed by atoms with Crippen molar-refractivity contribution in [2.45, 2.75) is 26.5 Å². The third-order valence-corrected chi connectivity index (χ3v) is 7.15. The van der Waals surface area contributed by atoms with E-state index in [0.29, 0.717) is 17.7 Å². The molecule has 0 fully saturated rings. The summed E-state index contributed by atoms with van der Waals surface area (Å²) in [5, 5.41) is 16.9. The van der Waals surface area contributed by atoms with E-state index in [4.69, 9.17) is 10.5 Å². The van der Waals surface area contributed by atoms with Gasteiger partial charge >= 0.3 is 10.2 Å². The molecule has 4 rings (SSSR count). The summed E-state index contributed by atoms with van der Waals surface area (Å²) in [5.74, 6) is -0.604. The van der Waals surface area contributed by atoms with E-state index in [9.17, 15) is 18.1 Å². The van der Waals surface area contributed by atoms with Gasteiger partial charge in [0, 0.05) is 19.6 Å². The van der Waals surface area contributed by atoms with Crippen molar-refractivity contribution in [3.05, 3.63) is 52.6 Å². The maximum atomic E-state index is 14.2. The lowest BCUT2D eigenvalue weighted by atomic mass is 10.0. The van der Waals surface area contributed by atoms with Gasteiger partial charge < -0.3 is 15.8 Å². The molecule has 1 aliphatic heterocycles. The largest absolute Gasteiger partial charge is 0.467 e. The molecule has 3 N–H and O–H groups in total. The van der Waals surface area contributed by atoms with Crippen LogP contribution in [0.2, 0.25) is 0 Å². The molecule has 1 unspecified atom stereocenters. The minimum Gasteiger partial charge on any atom is -0.467 e. The molecule has 2 aromatic heterocycles. The highest BCUT2D eigenvalue weighted by Gasteiger charge is 2.33. The van der Waals surface area contributed by atoms with Crippen molar-refractivity contribution < 1.29 is 17.5 Å². The average molecular weight is 487 g/mol. The summed E-state index contributed by atoms with van der Waals surface area (Å²) in [7, 11) is -2.59. The van der Waals surface area contributed by atoms with Gasteiger partial charge in [0.2, 0.25) is 0 Å². The van der Waals surface area contributed by atoms with E-state index in [1.54, 1.807) is 14.0 Å². The van der Waals surface area contributed by atoms with Crippen molar-refractivity contribution in [3.8, 4) is 23.3 Å². The number of anilines is 1. The number of halogens is 1. The maximum Gasteiger partial charge on any atom is 0.323 e. The highest BCUT2D eigenvalue weighted by Crippen LogP contribution is 2.33. The van der Waals surface area contributed by atoms with Crippen molar-refractivity contribution in [2.24, 2.45) is 0 Å². The maximum absolute atomic E-state index is 14.2. The lowest BCUT2D eigenvalue weighted by molar-refractivity contribution is 0.215. The zero-order chi connectivity index (χ0) is 24.6. The van der Waals surface area contributed by atoms with Crippen LogP contribution in [0.15, 0.2) is 24.4 Å². The second-order valence-electron chi connectivity index (χ2n) is 7.76. The van der Waals surface area contributed by atoms with Crippen LogP contribution in [-0.2, 0) is 16.8 Å². The Morgan fingerprint density at radius 2 is 2.18 bits per heavy atom. The first-order chi connectivity index (χ1) is 16.2. The quantitative estimate of drug-likeness (QED) is 0.561. The highest BCUT2D eigenvalue weighted by atomic mass is 32.2. The molecule has 0 amide bonds. The number of nitriles is 1. The van der Waals surface area contributed by atoms with Crippen LogP contribution in [0.3, 0.4) is 0 Å². The predicted molar refractivity (Wildman–Crippen MR) is 121 cm³/mol. The fourth-order valence-electron chi connectivity index (χ4n) is 3.74.